The van der Waals surface area contributed by atoms with Crippen LogP contribution in [-0.4, -0.2) is 43.4 Å². The Labute approximate surface area is 148 Å². The van der Waals surface area contributed by atoms with Gasteiger partial charge in [0, 0.05) is 47.2 Å². The molecule has 0 bridgehead atoms. The standard InChI is InChI=1S/C18H32N2O4.2H2/c1-3-16(21)14-8-10-15(11-9-14)20-18(23)7-5-6-17(22)19-12-13-24-4-2;;/h14-15H,3-13H2,1-2H3,(H,19,22)(H,20,23);2*1H. The van der Waals surface area contributed by atoms with Crippen molar-refractivity contribution in [2.75, 3.05) is 19.8 Å². The monoisotopic (exact) mass is 344 g/mol. The molecule has 2 amide bonds. The normalized spacial score (nSPS) is 20.4. The highest BCUT2D eigenvalue weighted by Gasteiger charge is 2.25. The zero-order valence-electron chi connectivity index (χ0n) is 15.1. The van der Waals surface area contributed by atoms with Gasteiger partial charge in [-0.1, -0.05) is 6.92 Å². The minimum atomic E-state index is -0.0407. The van der Waals surface area contributed by atoms with Crippen molar-refractivity contribution >= 4 is 17.6 Å². The SMILES string of the molecule is CCOCCNC(=O)CCCC(=O)NC1CCC(C(=O)CC)CC1.[HH].[HH]. The van der Waals surface area contributed by atoms with Crippen LogP contribution in [0.5, 0.6) is 0 Å². The lowest BCUT2D eigenvalue weighted by Crippen LogP contribution is -2.38. The summed E-state index contributed by atoms with van der Waals surface area (Å²) < 4.78 is 5.14. The largest absolute Gasteiger partial charge is 0.380 e. The van der Waals surface area contributed by atoms with Crippen LogP contribution in [-0.2, 0) is 19.1 Å². The molecule has 0 heterocycles. The molecule has 0 spiro atoms. The Morgan fingerprint density at radius 2 is 1.71 bits per heavy atom. The van der Waals surface area contributed by atoms with Gasteiger partial charge in [0.1, 0.15) is 5.78 Å². The molecule has 1 rings (SSSR count). The van der Waals surface area contributed by atoms with Crippen molar-refractivity contribution in [1.29, 1.82) is 0 Å². The summed E-state index contributed by atoms with van der Waals surface area (Å²) >= 11 is 0. The van der Waals surface area contributed by atoms with E-state index in [4.69, 9.17) is 4.74 Å². The van der Waals surface area contributed by atoms with Gasteiger partial charge in [-0.05, 0) is 39.0 Å². The molecule has 1 aliphatic rings. The fourth-order valence-electron chi connectivity index (χ4n) is 3.05. The van der Waals surface area contributed by atoms with E-state index < -0.39 is 0 Å². The van der Waals surface area contributed by atoms with Crippen molar-refractivity contribution in [2.45, 2.75) is 71.3 Å². The number of carbonyl (C=O) groups is 3. The third-order valence-electron chi connectivity index (χ3n) is 4.48. The van der Waals surface area contributed by atoms with Crippen LogP contribution in [0.2, 0.25) is 0 Å². The fourth-order valence-corrected chi connectivity index (χ4v) is 3.05. The van der Waals surface area contributed by atoms with E-state index in [1.54, 1.807) is 0 Å². The molecule has 2 N–H and O–H groups in total. The smallest absolute Gasteiger partial charge is 0.220 e. The first-order chi connectivity index (χ1) is 11.6. The third-order valence-corrected chi connectivity index (χ3v) is 4.48. The summed E-state index contributed by atoms with van der Waals surface area (Å²) in [6.07, 6.45) is 5.38. The van der Waals surface area contributed by atoms with Crippen molar-refractivity contribution in [2.24, 2.45) is 5.92 Å². The number of amides is 2. The molecular formula is C18H36N2O4. The minimum Gasteiger partial charge on any atom is -0.380 e. The van der Waals surface area contributed by atoms with Crippen LogP contribution in [0.15, 0.2) is 0 Å². The molecule has 0 aromatic rings. The van der Waals surface area contributed by atoms with E-state index in [-0.39, 0.29) is 26.6 Å². The van der Waals surface area contributed by atoms with Gasteiger partial charge in [-0.2, -0.15) is 0 Å². The molecule has 6 heteroatoms. The Morgan fingerprint density at radius 3 is 2.33 bits per heavy atom. The Bertz CT molecular complexity index is 414. The van der Waals surface area contributed by atoms with E-state index >= 15 is 0 Å². The lowest BCUT2D eigenvalue weighted by atomic mass is 9.83. The minimum absolute atomic E-state index is 0. The van der Waals surface area contributed by atoms with Crippen LogP contribution in [0, 0.1) is 5.92 Å². The molecular weight excluding hydrogens is 308 g/mol. The maximum absolute atomic E-state index is 11.9. The average molecular weight is 344 g/mol. The van der Waals surface area contributed by atoms with Crippen molar-refractivity contribution in [3.63, 3.8) is 0 Å². The molecule has 1 saturated carbocycles. The summed E-state index contributed by atoms with van der Waals surface area (Å²) in [6.45, 7) is 5.49. The molecule has 0 atom stereocenters. The number of ketones is 1. The van der Waals surface area contributed by atoms with Gasteiger partial charge < -0.3 is 15.4 Å². The number of rotatable bonds is 11. The van der Waals surface area contributed by atoms with E-state index in [1.165, 1.54) is 0 Å². The highest BCUT2D eigenvalue weighted by Crippen LogP contribution is 2.25. The first-order valence-electron chi connectivity index (χ1n) is 9.23. The van der Waals surface area contributed by atoms with Crippen LogP contribution >= 0.6 is 0 Å². The van der Waals surface area contributed by atoms with Gasteiger partial charge in [-0.3, -0.25) is 14.4 Å². The summed E-state index contributed by atoms with van der Waals surface area (Å²) in [4.78, 5) is 35.2. The summed E-state index contributed by atoms with van der Waals surface area (Å²) in [5, 5.41) is 5.79. The zero-order chi connectivity index (χ0) is 17.8. The summed E-state index contributed by atoms with van der Waals surface area (Å²) in [5.74, 6) is 0.488. The van der Waals surface area contributed by atoms with Crippen molar-refractivity contribution in [1.82, 2.24) is 10.6 Å². The maximum atomic E-state index is 11.9. The van der Waals surface area contributed by atoms with Gasteiger partial charge >= 0.3 is 0 Å². The van der Waals surface area contributed by atoms with Gasteiger partial charge in [0.2, 0.25) is 11.8 Å². The van der Waals surface area contributed by atoms with E-state index in [2.05, 4.69) is 10.6 Å². The van der Waals surface area contributed by atoms with Crippen LogP contribution in [0.1, 0.15) is 68.1 Å². The zero-order valence-corrected chi connectivity index (χ0v) is 15.1. The number of ether oxygens (including phenoxy) is 1. The molecule has 0 aliphatic heterocycles. The molecule has 24 heavy (non-hydrogen) atoms. The second kappa shape index (κ2) is 12.0. The molecule has 0 unspecified atom stereocenters. The molecule has 142 valence electrons. The van der Waals surface area contributed by atoms with Crippen LogP contribution in [0.25, 0.3) is 0 Å². The van der Waals surface area contributed by atoms with Gasteiger partial charge in [0.25, 0.3) is 0 Å². The topological polar surface area (TPSA) is 84.5 Å². The first-order valence-corrected chi connectivity index (χ1v) is 9.23. The first kappa shape index (κ1) is 20.6. The Hall–Kier alpha value is -1.43. The van der Waals surface area contributed by atoms with Crippen molar-refractivity contribution < 1.29 is 22.0 Å². The lowest BCUT2D eigenvalue weighted by molar-refractivity contribution is -0.123. The molecule has 0 aromatic carbocycles. The van der Waals surface area contributed by atoms with E-state index in [1.807, 2.05) is 13.8 Å². The van der Waals surface area contributed by atoms with Crippen LogP contribution in [0.3, 0.4) is 0 Å². The molecule has 0 radical (unpaired) electrons. The van der Waals surface area contributed by atoms with Gasteiger partial charge in [0.05, 0.1) is 6.61 Å². The highest BCUT2D eigenvalue weighted by molar-refractivity contribution is 5.81. The fraction of sp³-hybridized carbons (Fsp3) is 0.833. The molecule has 6 nitrogen and oxygen atoms in total. The third kappa shape index (κ3) is 8.43. The average Bonchev–Trinajstić information content (AvgIpc) is 2.58. The molecule has 1 fully saturated rings. The van der Waals surface area contributed by atoms with Crippen LogP contribution in [0.4, 0.5) is 0 Å². The second-order valence-corrected chi connectivity index (χ2v) is 6.34. The summed E-state index contributed by atoms with van der Waals surface area (Å²) in [7, 11) is 0. The lowest BCUT2D eigenvalue weighted by Gasteiger charge is -2.28. The number of nitrogens with one attached hydrogen (secondary N) is 2. The van der Waals surface area contributed by atoms with Crippen molar-refractivity contribution in [3.05, 3.63) is 0 Å². The van der Waals surface area contributed by atoms with E-state index in [9.17, 15) is 14.4 Å². The summed E-state index contributed by atoms with van der Waals surface area (Å²) in [6, 6.07) is 0.179. The quantitative estimate of drug-likeness (QED) is 0.564. The predicted octanol–water partition coefficient (Wildman–Crippen LogP) is 2.46. The molecule has 0 saturated heterocycles. The number of carbonyl (C=O) groups excluding carboxylic acids is 3. The Morgan fingerprint density at radius 1 is 1.04 bits per heavy atom. The van der Waals surface area contributed by atoms with E-state index in [0.717, 1.165) is 25.7 Å². The summed E-state index contributed by atoms with van der Waals surface area (Å²) in [5.41, 5.74) is 0. The highest BCUT2D eigenvalue weighted by atomic mass is 16.5. The van der Waals surface area contributed by atoms with Crippen LogP contribution < -0.4 is 10.6 Å². The number of Topliss-reactive ketones (excluding diaryl/α,β-unsaturated/α-hetero) is 1. The number of hydrogen-bond acceptors (Lipinski definition) is 4. The Balaban J connectivity index is 0. The predicted molar refractivity (Wildman–Crippen MR) is 96.8 cm³/mol. The van der Waals surface area contributed by atoms with Gasteiger partial charge in [-0.25, -0.2) is 0 Å². The molecule has 0 aromatic heterocycles. The Kier molecular flexibility index (Phi) is 10.3. The number of hydrogen-bond donors (Lipinski definition) is 2. The van der Waals surface area contributed by atoms with Gasteiger partial charge in [0.15, 0.2) is 0 Å². The second-order valence-electron chi connectivity index (χ2n) is 6.34. The van der Waals surface area contributed by atoms with Crippen molar-refractivity contribution in [3.8, 4) is 0 Å². The maximum Gasteiger partial charge on any atom is 0.220 e. The van der Waals surface area contributed by atoms with E-state index in [0.29, 0.717) is 51.2 Å². The van der Waals surface area contributed by atoms with Gasteiger partial charge in [-0.15, -0.1) is 0 Å². The molecule has 1 aliphatic carbocycles.